The number of benzene rings is 1. The average molecular weight is 273 g/mol. The van der Waals surface area contributed by atoms with Crippen LogP contribution in [0.3, 0.4) is 0 Å². The molecule has 0 bridgehead atoms. The Morgan fingerprint density at radius 2 is 2.16 bits per heavy atom. The Kier molecular flexibility index (Phi) is 2.89. The molecule has 3 aromatic rings. The summed E-state index contributed by atoms with van der Waals surface area (Å²) in [5.41, 5.74) is 2.02. The fourth-order valence-corrected chi connectivity index (χ4v) is 1.94. The van der Waals surface area contributed by atoms with Gasteiger partial charge in [0.25, 0.3) is 5.91 Å². The Bertz CT molecular complexity index is 753. The van der Waals surface area contributed by atoms with E-state index in [1.54, 1.807) is 12.3 Å². The highest BCUT2D eigenvalue weighted by Gasteiger charge is 2.07. The number of carbonyl (C=O) groups excluding carboxylic acids is 1. The SMILES string of the molecule is O=C(Nc1ccc2cn[nH]c2c1)c1ccnc(Cl)c1. The second-order valence-electron chi connectivity index (χ2n) is 3.99. The number of anilines is 1. The van der Waals surface area contributed by atoms with Gasteiger partial charge in [0.2, 0.25) is 0 Å². The molecular formula is C13H9ClN4O. The van der Waals surface area contributed by atoms with Crippen LogP contribution >= 0.6 is 11.6 Å². The summed E-state index contributed by atoms with van der Waals surface area (Å²) < 4.78 is 0. The van der Waals surface area contributed by atoms with E-state index < -0.39 is 0 Å². The maximum absolute atomic E-state index is 12.0. The lowest BCUT2D eigenvalue weighted by atomic mass is 10.2. The quantitative estimate of drug-likeness (QED) is 0.705. The number of aromatic amines is 1. The van der Waals surface area contributed by atoms with E-state index in [0.717, 1.165) is 10.9 Å². The zero-order valence-corrected chi connectivity index (χ0v) is 10.5. The lowest BCUT2D eigenvalue weighted by molar-refractivity contribution is 0.102. The van der Waals surface area contributed by atoms with Crippen molar-refractivity contribution in [3.63, 3.8) is 0 Å². The van der Waals surface area contributed by atoms with Crippen LogP contribution in [0.2, 0.25) is 5.15 Å². The van der Waals surface area contributed by atoms with Gasteiger partial charge < -0.3 is 5.32 Å². The number of H-pyrrole nitrogens is 1. The molecule has 6 heteroatoms. The number of carbonyl (C=O) groups is 1. The number of aromatic nitrogens is 3. The van der Waals surface area contributed by atoms with E-state index in [9.17, 15) is 4.79 Å². The first kappa shape index (κ1) is 11.7. The van der Waals surface area contributed by atoms with Gasteiger partial charge in [0.15, 0.2) is 0 Å². The molecule has 1 amide bonds. The minimum absolute atomic E-state index is 0.233. The van der Waals surface area contributed by atoms with Gasteiger partial charge in [0, 0.05) is 22.8 Å². The predicted octanol–water partition coefficient (Wildman–Crippen LogP) is 2.86. The summed E-state index contributed by atoms with van der Waals surface area (Å²) in [6, 6.07) is 8.65. The van der Waals surface area contributed by atoms with Crippen molar-refractivity contribution >= 4 is 34.1 Å². The van der Waals surface area contributed by atoms with Crippen LogP contribution in [0.5, 0.6) is 0 Å². The second kappa shape index (κ2) is 4.70. The number of nitrogens with zero attached hydrogens (tertiary/aromatic N) is 2. The Labute approximate surface area is 113 Å². The third-order valence-corrected chi connectivity index (χ3v) is 2.90. The number of halogens is 1. The van der Waals surface area contributed by atoms with Crippen LogP contribution in [0.25, 0.3) is 10.9 Å². The fraction of sp³-hybridized carbons (Fsp3) is 0. The van der Waals surface area contributed by atoms with Crippen molar-refractivity contribution in [1.82, 2.24) is 15.2 Å². The molecule has 1 aromatic carbocycles. The van der Waals surface area contributed by atoms with Gasteiger partial charge in [0.05, 0.1) is 11.7 Å². The molecule has 0 radical (unpaired) electrons. The lowest BCUT2D eigenvalue weighted by Crippen LogP contribution is -2.11. The number of rotatable bonds is 2. The first-order valence-corrected chi connectivity index (χ1v) is 5.96. The molecule has 0 aliphatic heterocycles. The molecule has 3 rings (SSSR count). The van der Waals surface area contributed by atoms with Crippen molar-refractivity contribution in [1.29, 1.82) is 0 Å². The number of amides is 1. The number of hydrogen-bond acceptors (Lipinski definition) is 3. The van der Waals surface area contributed by atoms with E-state index in [1.807, 2.05) is 18.2 Å². The minimum atomic E-state index is -0.233. The Balaban J connectivity index is 1.86. The molecule has 0 saturated carbocycles. The van der Waals surface area contributed by atoms with Gasteiger partial charge in [-0.05, 0) is 30.3 Å². The molecule has 2 heterocycles. The van der Waals surface area contributed by atoms with Gasteiger partial charge >= 0.3 is 0 Å². The highest BCUT2D eigenvalue weighted by atomic mass is 35.5. The Hall–Kier alpha value is -2.40. The van der Waals surface area contributed by atoms with E-state index >= 15 is 0 Å². The first-order valence-electron chi connectivity index (χ1n) is 5.58. The minimum Gasteiger partial charge on any atom is -0.322 e. The van der Waals surface area contributed by atoms with Crippen LogP contribution in [-0.4, -0.2) is 21.1 Å². The first-order chi connectivity index (χ1) is 9.22. The number of fused-ring (bicyclic) bond motifs is 1. The Morgan fingerprint density at radius 3 is 3.00 bits per heavy atom. The summed E-state index contributed by atoms with van der Waals surface area (Å²) in [5.74, 6) is -0.233. The highest BCUT2D eigenvalue weighted by Crippen LogP contribution is 2.17. The smallest absolute Gasteiger partial charge is 0.255 e. The molecule has 0 atom stereocenters. The molecule has 5 nitrogen and oxygen atoms in total. The summed E-state index contributed by atoms with van der Waals surface area (Å²) in [4.78, 5) is 15.9. The molecule has 0 aliphatic rings. The molecule has 19 heavy (non-hydrogen) atoms. The van der Waals surface area contributed by atoms with E-state index in [0.29, 0.717) is 11.3 Å². The second-order valence-corrected chi connectivity index (χ2v) is 4.38. The summed E-state index contributed by atoms with van der Waals surface area (Å²) in [6.07, 6.45) is 3.22. The summed E-state index contributed by atoms with van der Waals surface area (Å²) in [6.45, 7) is 0. The van der Waals surface area contributed by atoms with Crippen molar-refractivity contribution in [2.24, 2.45) is 0 Å². The summed E-state index contributed by atoms with van der Waals surface area (Å²) in [5, 5.41) is 10.9. The maximum atomic E-state index is 12.0. The third kappa shape index (κ3) is 2.41. The van der Waals surface area contributed by atoms with Gasteiger partial charge in [-0.3, -0.25) is 9.89 Å². The topological polar surface area (TPSA) is 70.7 Å². The molecule has 0 unspecified atom stereocenters. The van der Waals surface area contributed by atoms with E-state index in [2.05, 4.69) is 20.5 Å². The van der Waals surface area contributed by atoms with Crippen LogP contribution in [0.4, 0.5) is 5.69 Å². The van der Waals surface area contributed by atoms with E-state index in [1.165, 1.54) is 12.3 Å². The Morgan fingerprint density at radius 1 is 1.26 bits per heavy atom. The van der Waals surface area contributed by atoms with Crippen molar-refractivity contribution in [2.75, 3.05) is 5.32 Å². The molecule has 0 saturated heterocycles. The molecular weight excluding hydrogens is 264 g/mol. The summed E-state index contributed by atoms with van der Waals surface area (Å²) in [7, 11) is 0. The number of hydrogen-bond donors (Lipinski definition) is 2. The largest absolute Gasteiger partial charge is 0.322 e. The molecule has 2 N–H and O–H groups in total. The standard InChI is InChI=1S/C13H9ClN4O/c14-12-5-8(3-4-15-12)13(19)17-10-2-1-9-7-16-18-11(9)6-10/h1-7H,(H,16,18)(H,17,19). The van der Waals surface area contributed by atoms with Gasteiger partial charge in [-0.15, -0.1) is 0 Å². The zero-order chi connectivity index (χ0) is 13.2. The van der Waals surface area contributed by atoms with Crippen LogP contribution in [0, 0.1) is 0 Å². The number of nitrogens with one attached hydrogen (secondary N) is 2. The van der Waals surface area contributed by atoms with Crippen molar-refractivity contribution in [3.05, 3.63) is 53.4 Å². The van der Waals surface area contributed by atoms with Gasteiger partial charge in [-0.25, -0.2) is 4.98 Å². The van der Waals surface area contributed by atoms with Gasteiger partial charge in [0.1, 0.15) is 5.15 Å². The van der Waals surface area contributed by atoms with Crippen LogP contribution < -0.4 is 5.32 Å². The molecule has 2 aromatic heterocycles. The average Bonchev–Trinajstić information content (AvgIpc) is 2.86. The molecule has 0 spiro atoms. The van der Waals surface area contributed by atoms with E-state index in [-0.39, 0.29) is 11.1 Å². The fourth-order valence-electron chi connectivity index (χ4n) is 1.76. The summed E-state index contributed by atoms with van der Waals surface area (Å²) >= 11 is 5.75. The van der Waals surface area contributed by atoms with Crippen LogP contribution in [0.1, 0.15) is 10.4 Å². The predicted molar refractivity (Wildman–Crippen MR) is 73.3 cm³/mol. The molecule has 94 valence electrons. The number of pyridine rings is 1. The normalized spacial score (nSPS) is 10.6. The van der Waals surface area contributed by atoms with Crippen molar-refractivity contribution < 1.29 is 4.79 Å². The van der Waals surface area contributed by atoms with Crippen molar-refractivity contribution in [2.45, 2.75) is 0 Å². The van der Waals surface area contributed by atoms with Gasteiger partial charge in [-0.1, -0.05) is 11.6 Å². The van der Waals surface area contributed by atoms with Crippen LogP contribution in [-0.2, 0) is 0 Å². The van der Waals surface area contributed by atoms with Gasteiger partial charge in [-0.2, -0.15) is 5.10 Å². The maximum Gasteiger partial charge on any atom is 0.255 e. The molecule has 0 fully saturated rings. The monoisotopic (exact) mass is 272 g/mol. The molecule has 0 aliphatic carbocycles. The van der Waals surface area contributed by atoms with E-state index in [4.69, 9.17) is 11.6 Å². The lowest BCUT2D eigenvalue weighted by Gasteiger charge is -2.05. The van der Waals surface area contributed by atoms with Crippen molar-refractivity contribution in [3.8, 4) is 0 Å². The third-order valence-electron chi connectivity index (χ3n) is 2.69. The zero-order valence-electron chi connectivity index (χ0n) is 9.72. The highest BCUT2D eigenvalue weighted by molar-refractivity contribution is 6.29. The van der Waals surface area contributed by atoms with Crippen LogP contribution in [0.15, 0.2) is 42.7 Å².